The Morgan fingerprint density at radius 1 is 1.33 bits per heavy atom. The zero-order valence-electron chi connectivity index (χ0n) is 12.4. The maximum Gasteiger partial charge on any atom is 0.233 e. The molecule has 0 bridgehead atoms. The number of amides is 1. The molecular weight excluding hydrogens is 292 g/mol. The minimum atomic E-state index is -0.620. The monoisotopic (exact) mass is 313 g/mol. The van der Waals surface area contributed by atoms with Gasteiger partial charge in [0.2, 0.25) is 5.91 Å². The van der Waals surface area contributed by atoms with Crippen LogP contribution in [0.2, 0.25) is 0 Å². The molecule has 2 rings (SSSR count). The van der Waals surface area contributed by atoms with Crippen LogP contribution in [0.5, 0.6) is 0 Å². The van der Waals surface area contributed by atoms with Gasteiger partial charge in [-0.3, -0.25) is 4.79 Å². The van der Waals surface area contributed by atoms with Crippen LogP contribution >= 0.6 is 11.8 Å². The summed E-state index contributed by atoms with van der Waals surface area (Å²) in [6.45, 7) is 3.90. The van der Waals surface area contributed by atoms with Crippen molar-refractivity contribution in [2.24, 2.45) is 5.92 Å². The lowest BCUT2D eigenvalue weighted by Crippen LogP contribution is -2.44. The Balaban J connectivity index is 1.92. The second-order valence-corrected chi connectivity index (χ2v) is 7.09. The summed E-state index contributed by atoms with van der Waals surface area (Å²) < 4.78 is 26.5. The number of rotatable bonds is 4. The first kappa shape index (κ1) is 16.3. The predicted octanol–water partition coefficient (Wildman–Crippen LogP) is 4.14. The van der Waals surface area contributed by atoms with Crippen molar-refractivity contribution in [1.82, 2.24) is 5.32 Å². The number of hydrogen-bond acceptors (Lipinski definition) is 2. The predicted molar refractivity (Wildman–Crippen MR) is 81.2 cm³/mol. The number of thioether (sulfide) groups is 1. The molecule has 1 aliphatic carbocycles. The number of hydrogen-bond donors (Lipinski definition) is 1. The molecule has 2 nitrogen and oxygen atoms in total. The number of nitrogens with one attached hydrogen (secondary N) is 1. The van der Waals surface area contributed by atoms with E-state index in [4.69, 9.17) is 0 Å². The molecule has 1 amide bonds. The number of benzene rings is 1. The zero-order valence-corrected chi connectivity index (χ0v) is 13.2. The Morgan fingerprint density at radius 3 is 2.71 bits per heavy atom. The molecule has 0 heterocycles. The smallest absolute Gasteiger partial charge is 0.233 e. The molecule has 0 aromatic heterocycles. The van der Waals surface area contributed by atoms with Gasteiger partial charge >= 0.3 is 0 Å². The highest BCUT2D eigenvalue weighted by Crippen LogP contribution is 2.28. The van der Waals surface area contributed by atoms with Crippen molar-refractivity contribution < 1.29 is 13.6 Å². The van der Waals surface area contributed by atoms with Crippen LogP contribution in [-0.4, -0.2) is 17.2 Å². The van der Waals surface area contributed by atoms with Gasteiger partial charge in [-0.1, -0.05) is 19.8 Å². The first-order valence-corrected chi connectivity index (χ1v) is 8.27. The zero-order chi connectivity index (χ0) is 15.4. The molecule has 3 atom stereocenters. The van der Waals surface area contributed by atoms with Crippen molar-refractivity contribution in [2.45, 2.75) is 55.7 Å². The molecule has 5 heteroatoms. The molecule has 0 aliphatic heterocycles. The van der Waals surface area contributed by atoms with Gasteiger partial charge < -0.3 is 5.32 Å². The van der Waals surface area contributed by atoms with E-state index in [9.17, 15) is 13.6 Å². The maximum atomic E-state index is 13.6. The lowest BCUT2D eigenvalue weighted by atomic mass is 9.86. The van der Waals surface area contributed by atoms with Gasteiger partial charge in [-0.05, 0) is 37.8 Å². The molecule has 0 unspecified atom stereocenters. The molecule has 1 aromatic carbocycles. The fourth-order valence-corrected chi connectivity index (χ4v) is 3.52. The van der Waals surface area contributed by atoms with Crippen LogP contribution in [0.4, 0.5) is 8.78 Å². The second kappa shape index (κ2) is 7.25. The van der Waals surface area contributed by atoms with Crippen molar-refractivity contribution >= 4 is 17.7 Å². The SMILES string of the molecule is C[C@@H](Sc1ccc(F)cc1F)C(=O)N[C@@H]1CCCC[C@@H]1C. The summed E-state index contributed by atoms with van der Waals surface area (Å²) in [6, 6.07) is 3.64. The van der Waals surface area contributed by atoms with Gasteiger partial charge in [-0.25, -0.2) is 8.78 Å². The average molecular weight is 313 g/mol. The maximum absolute atomic E-state index is 13.6. The molecule has 1 aromatic rings. The summed E-state index contributed by atoms with van der Waals surface area (Å²) in [5.41, 5.74) is 0. The highest BCUT2D eigenvalue weighted by atomic mass is 32.2. The molecule has 0 spiro atoms. The van der Waals surface area contributed by atoms with Crippen molar-refractivity contribution in [3.8, 4) is 0 Å². The Bertz CT molecular complexity index is 509. The summed E-state index contributed by atoms with van der Waals surface area (Å²) in [5, 5.41) is 2.66. The molecule has 1 saturated carbocycles. The van der Waals surface area contributed by atoms with Gasteiger partial charge in [0, 0.05) is 17.0 Å². The van der Waals surface area contributed by atoms with Crippen LogP contribution in [0, 0.1) is 17.6 Å². The summed E-state index contributed by atoms with van der Waals surface area (Å²) in [5.74, 6) is -0.819. The van der Waals surface area contributed by atoms with Gasteiger partial charge in [0.1, 0.15) is 11.6 Å². The van der Waals surface area contributed by atoms with E-state index < -0.39 is 16.9 Å². The average Bonchev–Trinajstić information content (AvgIpc) is 2.44. The topological polar surface area (TPSA) is 29.1 Å². The molecule has 116 valence electrons. The molecule has 0 radical (unpaired) electrons. The molecule has 0 saturated heterocycles. The summed E-state index contributed by atoms with van der Waals surface area (Å²) in [6.07, 6.45) is 4.51. The third kappa shape index (κ3) is 4.43. The van der Waals surface area contributed by atoms with E-state index in [1.165, 1.54) is 18.6 Å². The van der Waals surface area contributed by atoms with Crippen molar-refractivity contribution in [2.75, 3.05) is 0 Å². The Labute approximate surface area is 128 Å². The molecule has 1 N–H and O–H groups in total. The minimum absolute atomic E-state index is 0.0810. The number of carbonyl (C=O) groups excluding carboxylic acids is 1. The van der Waals surface area contributed by atoms with Crippen molar-refractivity contribution in [3.05, 3.63) is 29.8 Å². The van der Waals surface area contributed by atoms with Gasteiger partial charge in [0.05, 0.1) is 5.25 Å². The Hall–Kier alpha value is -1.10. The van der Waals surface area contributed by atoms with Crippen molar-refractivity contribution in [3.63, 3.8) is 0 Å². The lowest BCUT2D eigenvalue weighted by molar-refractivity contribution is -0.121. The third-order valence-corrected chi connectivity index (χ3v) is 5.16. The van der Waals surface area contributed by atoms with E-state index in [1.807, 2.05) is 0 Å². The fraction of sp³-hybridized carbons (Fsp3) is 0.562. The first-order valence-electron chi connectivity index (χ1n) is 7.39. The minimum Gasteiger partial charge on any atom is -0.352 e. The fourth-order valence-electron chi connectivity index (χ4n) is 2.65. The van der Waals surface area contributed by atoms with Crippen molar-refractivity contribution in [1.29, 1.82) is 0 Å². The van der Waals surface area contributed by atoms with Crippen LogP contribution in [0.15, 0.2) is 23.1 Å². The van der Waals surface area contributed by atoms with Gasteiger partial charge in [-0.15, -0.1) is 11.8 Å². The van der Waals surface area contributed by atoms with E-state index in [1.54, 1.807) is 6.92 Å². The van der Waals surface area contributed by atoms with Crippen LogP contribution in [0.25, 0.3) is 0 Å². The van der Waals surface area contributed by atoms with Gasteiger partial charge in [-0.2, -0.15) is 0 Å². The van der Waals surface area contributed by atoms with Crippen LogP contribution < -0.4 is 5.32 Å². The highest BCUT2D eigenvalue weighted by molar-refractivity contribution is 8.00. The van der Waals surface area contributed by atoms with E-state index in [0.29, 0.717) is 10.8 Å². The van der Waals surface area contributed by atoms with Crippen LogP contribution in [-0.2, 0) is 4.79 Å². The van der Waals surface area contributed by atoms with E-state index in [0.717, 1.165) is 37.1 Å². The molecule has 1 aliphatic rings. The quantitative estimate of drug-likeness (QED) is 0.846. The molecule has 21 heavy (non-hydrogen) atoms. The van der Waals surface area contributed by atoms with E-state index in [2.05, 4.69) is 12.2 Å². The highest BCUT2D eigenvalue weighted by Gasteiger charge is 2.25. The first-order chi connectivity index (χ1) is 9.97. The Morgan fingerprint density at radius 2 is 2.05 bits per heavy atom. The van der Waals surface area contributed by atoms with E-state index >= 15 is 0 Å². The largest absolute Gasteiger partial charge is 0.352 e. The third-order valence-electron chi connectivity index (χ3n) is 4.01. The summed E-state index contributed by atoms with van der Waals surface area (Å²) in [4.78, 5) is 12.5. The van der Waals surface area contributed by atoms with E-state index in [-0.39, 0.29) is 11.9 Å². The summed E-state index contributed by atoms with van der Waals surface area (Å²) >= 11 is 1.12. The molecule has 1 fully saturated rings. The Kier molecular flexibility index (Phi) is 5.62. The number of halogens is 2. The standard InChI is InChI=1S/C16H21F2NOS/c1-10-5-3-4-6-14(10)19-16(20)11(2)21-15-8-7-12(17)9-13(15)18/h7-11,14H,3-6H2,1-2H3,(H,19,20)/t10-,11+,14+/m0/s1. The number of carbonyl (C=O) groups is 1. The lowest BCUT2D eigenvalue weighted by Gasteiger charge is -2.30. The van der Waals surface area contributed by atoms with Crippen LogP contribution in [0.3, 0.4) is 0 Å². The van der Waals surface area contributed by atoms with Gasteiger partial charge in [0.15, 0.2) is 0 Å². The molecular formula is C16H21F2NOS. The van der Waals surface area contributed by atoms with Gasteiger partial charge in [0.25, 0.3) is 0 Å². The second-order valence-electron chi connectivity index (χ2n) is 5.71. The summed E-state index contributed by atoms with van der Waals surface area (Å²) in [7, 11) is 0. The van der Waals surface area contributed by atoms with Crippen LogP contribution in [0.1, 0.15) is 39.5 Å². The normalized spacial score (nSPS) is 23.6.